The molecule has 0 unspecified atom stereocenters. The van der Waals surface area contributed by atoms with Crippen LogP contribution in [0, 0.1) is 13.8 Å². The van der Waals surface area contributed by atoms with Gasteiger partial charge >= 0.3 is 6.09 Å². The van der Waals surface area contributed by atoms with E-state index in [1.54, 1.807) is 0 Å². The Kier molecular flexibility index (Phi) is 3.44. The van der Waals surface area contributed by atoms with E-state index in [1.807, 2.05) is 49.6 Å². The maximum Gasteiger partial charge on any atom is 0.417 e. The first-order valence-electron chi connectivity index (χ1n) is 5.25. The Morgan fingerprint density at radius 3 is 2.59 bits per heavy atom. The van der Waals surface area contributed by atoms with Gasteiger partial charge in [0.05, 0.1) is 0 Å². The zero-order chi connectivity index (χ0) is 12.3. The maximum atomic E-state index is 11.7. The van der Waals surface area contributed by atoms with E-state index in [1.165, 1.54) is 11.3 Å². The number of hydrogen-bond acceptors (Lipinski definition) is 3. The van der Waals surface area contributed by atoms with E-state index in [-0.39, 0.29) is 0 Å². The van der Waals surface area contributed by atoms with Crippen LogP contribution in [0.15, 0.2) is 35.7 Å². The standard InChI is InChI=1S/C13H13NO2S/c1-9-5-3-4-6-11(9)14-13(15)16-12-10(2)7-8-17-12/h3-8H,1-2H3,(H,14,15). The number of aryl methyl sites for hydroxylation is 2. The number of thiophene rings is 1. The first-order valence-corrected chi connectivity index (χ1v) is 6.13. The maximum absolute atomic E-state index is 11.7. The van der Waals surface area contributed by atoms with Crippen molar-refractivity contribution in [3.8, 4) is 5.06 Å². The summed E-state index contributed by atoms with van der Waals surface area (Å²) in [6.07, 6.45) is -0.454. The number of ether oxygens (including phenoxy) is 1. The Labute approximate surface area is 104 Å². The zero-order valence-electron chi connectivity index (χ0n) is 9.69. The molecule has 4 heteroatoms. The highest BCUT2D eigenvalue weighted by Crippen LogP contribution is 2.25. The van der Waals surface area contributed by atoms with Crippen molar-refractivity contribution >= 4 is 23.1 Å². The Morgan fingerprint density at radius 1 is 1.18 bits per heavy atom. The number of carbonyl (C=O) groups is 1. The van der Waals surface area contributed by atoms with Crippen LogP contribution in [0.2, 0.25) is 0 Å². The smallest absolute Gasteiger partial charge is 0.399 e. The number of para-hydroxylation sites is 1. The SMILES string of the molecule is Cc1ccccc1NC(=O)Oc1sccc1C. The van der Waals surface area contributed by atoms with Crippen molar-refractivity contribution in [1.29, 1.82) is 0 Å². The molecular weight excluding hydrogens is 234 g/mol. The van der Waals surface area contributed by atoms with E-state index < -0.39 is 6.09 Å². The van der Waals surface area contributed by atoms with Crippen LogP contribution >= 0.6 is 11.3 Å². The second-order valence-electron chi connectivity index (χ2n) is 3.72. The molecule has 1 aromatic heterocycles. The Morgan fingerprint density at radius 2 is 1.94 bits per heavy atom. The molecule has 2 rings (SSSR count). The molecule has 17 heavy (non-hydrogen) atoms. The van der Waals surface area contributed by atoms with E-state index in [0.29, 0.717) is 5.06 Å². The highest BCUT2D eigenvalue weighted by Gasteiger charge is 2.09. The van der Waals surface area contributed by atoms with Crippen molar-refractivity contribution < 1.29 is 9.53 Å². The number of rotatable bonds is 2. The zero-order valence-corrected chi connectivity index (χ0v) is 10.5. The lowest BCUT2D eigenvalue weighted by atomic mass is 10.2. The van der Waals surface area contributed by atoms with E-state index in [0.717, 1.165) is 16.8 Å². The van der Waals surface area contributed by atoms with Gasteiger partial charge in [0.15, 0.2) is 5.06 Å². The minimum atomic E-state index is -0.454. The number of hydrogen-bond donors (Lipinski definition) is 1. The molecule has 0 atom stereocenters. The summed E-state index contributed by atoms with van der Waals surface area (Å²) in [5, 5.41) is 5.25. The quantitative estimate of drug-likeness (QED) is 0.871. The number of anilines is 1. The molecule has 0 saturated carbocycles. The van der Waals surface area contributed by atoms with Crippen LogP contribution in [0.4, 0.5) is 10.5 Å². The predicted molar refractivity (Wildman–Crippen MR) is 69.9 cm³/mol. The summed E-state index contributed by atoms with van der Waals surface area (Å²) in [5.74, 6) is 0. The molecular formula is C13H13NO2S. The third-order valence-corrected chi connectivity index (χ3v) is 3.27. The van der Waals surface area contributed by atoms with Gasteiger partial charge in [-0.2, -0.15) is 0 Å². The molecule has 0 fully saturated rings. The average molecular weight is 247 g/mol. The molecule has 0 spiro atoms. The van der Waals surface area contributed by atoms with Gasteiger partial charge in [0.2, 0.25) is 0 Å². The second-order valence-corrected chi connectivity index (χ2v) is 4.60. The van der Waals surface area contributed by atoms with E-state index >= 15 is 0 Å². The predicted octanol–water partition coefficient (Wildman–Crippen LogP) is 3.98. The monoisotopic (exact) mass is 247 g/mol. The van der Waals surface area contributed by atoms with Gasteiger partial charge in [-0.15, -0.1) is 11.3 Å². The van der Waals surface area contributed by atoms with Crippen LogP contribution in [-0.2, 0) is 0 Å². The molecule has 1 amide bonds. The molecule has 0 saturated heterocycles. The molecule has 1 heterocycles. The van der Waals surface area contributed by atoms with Crippen LogP contribution in [0.25, 0.3) is 0 Å². The molecule has 0 aliphatic heterocycles. The van der Waals surface area contributed by atoms with Crippen LogP contribution < -0.4 is 10.1 Å². The lowest BCUT2D eigenvalue weighted by molar-refractivity contribution is 0.216. The van der Waals surface area contributed by atoms with Crippen molar-refractivity contribution in [3.05, 3.63) is 46.8 Å². The molecule has 1 aromatic carbocycles. The van der Waals surface area contributed by atoms with E-state index in [9.17, 15) is 4.79 Å². The lowest BCUT2D eigenvalue weighted by Gasteiger charge is -2.07. The van der Waals surface area contributed by atoms with Gasteiger partial charge in [0.1, 0.15) is 0 Å². The van der Waals surface area contributed by atoms with Crippen LogP contribution in [0.1, 0.15) is 11.1 Å². The summed E-state index contributed by atoms with van der Waals surface area (Å²) in [7, 11) is 0. The minimum Gasteiger partial charge on any atom is -0.399 e. The summed E-state index contributed by atoms with van der Waals surface area (Å²) in [6, 6.07) is 9.50. The highest BCUT2D eigenvalue weighted by molar-refractivity contribution is 7.12. The van der Waals surface area contributed by atoms with Crippen molar-refractivity contribution in [2.75, 3.05) is 5.32 Å². The van der Waals surface area contributed by atoms with Crippen LogP contribution in [0.5, 0.6) is 5.06 Å². The molecule has 0 bridgehead atoms. The summed E-state index contributed by atoms with van der Waals surface area (Å²) in [6.45, 7) is 3.85. The number of amides is 1. The third-order valence-electron chi connectivity index (χ3n) is 2.38. The fraction of sp³-hybridized carbons (Fsp3) is 0.154. The summed E-state index contributed by atoms with van der Waals surface area (Å²) < 4.78 is 5.21. The van der Waals surface area contributed by atoms with Gasteiger partial charge < -0.3 is 4.74 Å². The van der Waals surface area contributed by atoms with Crippen molar-refractivity contribution in [2.45, 2.75) is 13.8 Å². The Balaban J connectivity index is 2.03. The summed E-state index contributed by atoms with van der Waals surface area (Å²) in [4.78, 5) is 11.7. The van der Waals surface area contributed by atoms with Gasteiger partial charge in [-0.3, -0.25) is 5.32 Å². The summed E-state index contributed by atoms with van der Waals surface area (Å²) >= 11 is 1.41. The topological polar surface area (TPSA) is 38.3 Å². The molecule has 1 N–H and O–H groups in total. The molecule has 0 aliphatic rings. The Hall–Kier alpha value is -1.81. The van der Waals surface area contributed by atoms with Gasteiger partial charge in [-0.1, -0.05) is 18.2 Å². The van der Waals surface area contributed by atoms with Crippen molar-refractivity contribution in [1.82, 2.24) is 0 Å². The minimum absolute atomic E-state index is 0.454. The normalized spacial score (nSPS) is 10.0. The van der Waals surface area contributed by atoms with Crippen molar-refractivity contribution in [3.63, 3.8) is 0 Å². The first kappa shape index (κ1) is 11.7. The second kappa shape index (κ2) is 5.01. The van der Waals surface area contributed by atoms with Crippen LogP contribution in [0.3, 0.4) is 0 Å². The van der Waals surface area contributed by atoms with Gasteiger partial charge in [-0.25, -0.2) is 4.79 Å². The van der Waals surface area contributed by atoms with E-state index in [4.69, 9.17) is 4.74 Å². The van der Waals surface area contributed by atoms with Gasteiger partial charge in [0.25, 0.3) is 0 Å². The van der Waals surface area contributed by atoms with Crippen LogP contribution in [-0.4, -0.2) is 6.09 Å². The number of carbonyl (C=O) groups excluding carboxylic acids is 1. The molecule has 88 valence electrons. The fourth-order valence-electron chi connectivity index (χ4n) is 1.40. The average Bonchev–Trinajstić information content (AvgIpc) is 2.68. The fourth-order valence-corrected chi connectivity index (χ4v) is 2.17. The molecule has 0 radical (unpaired) electrons. The van der Waals surface area contributed by atoms with E-state index in [2.05, 4.69) is 5.32 Å². The number of benzene rings is 1. The largest absolute Gasteiger partial charge is 0.417 e. The molecule has 2 aromatic rings. The van der Waals surface area contributed by atoms with Crippen molar-refractivity contribution in [2.24, 2.45) is 0 Å². The Bertz CT molecular complexity index is 534. The first-order chi connectivity index (χ1) is 8.16. The lowest BCUT2D eigenvalue weighted by Crippen LogP contribution is -2.17. The molecule has 3 nitrogen and oxygen atoms in total. The van der Waals surface area contributed by atoms with Gasteiger partial charge in [-0.05, 0) is 36.9 Å². The summed E-state index contributed by atoms with van der Waals surface area (Å²) in [5.41, 5.74) is 2.74. The van der Waals surface area contributed by atoms with Gasteiger partial charge in [0, 0.05) is 11.3 Å². The molecule has 0 aliphatic carbocycles. The highest BCUT2D eigenvalue weighted by atomic mass is 32.1. The number of nitrogens with one attached hydrogen (secondary N) is 1. The third kappa shape index (κ3) is 2.85.